The highest BCUT2D eigenvalue weighted by Gasteiger charge is 2.05. The molecule has 2 aromatic carbocycles. The molecule has 0 aliphatic carbocycles. The Morgan fingerprint density at radius 1 is 1.17 bits per heavy atom. The number of ether oxygens (including phenoxy) is 1. The summed E-state index contributed by atoms with van der Waals surface area (Å²) in [5, 5.41) is 4.00. The molecule has 2 rings (SSSR count). The van der Waals surface area contributed by atoms with Gasteiger partial charge >= 0.3 is 0 Å². The molecule has 18 heavy (non-hydrogen) atoms. The minimum Gasteiger partial charge on any atom is -0.495 e. The molecule has 4 heteroatoms. The molecule has 0 saturated heterocycles. The van der Waals surface area contributed by atoms with Crippen molar-refractivity contribution >= 4 is 23.0 Å². The molecule has 0 aliphatic heterocycles. The van der Waals surface area contributed by atoms with Crippen molar-refractivity contribution < 1.29 is 4.74 Å². The Morgan fingerprint density at radius 2 is 1.94 bits per heavy atom. The third-order valence-electron chi connectivity index (χ3n) is 2.71. The summed E-state index contributed by atoms with van der Waals surface area (Å²) in [6.45, 7) is 0.622. The van der Waals surface area contributed by atoms with E-state index in [0.29, 0.717) is 18.0 Å². The van der Waals surface area contributed by atoms with E-state index in [1.54, 1.807) is 7.11 Å². The average molecular weight is 263 g/mol. The molecular weight excluding hydrogens is 248 g/mol. The number of rotatable bonds is 4. The monoisotopic (exact) mass is 262 g/mol. The van der Waals surface area contributed by atoms with Crippen molar-refractivity contribution in [3.8, 4) is 5.75 Å². The number of nitrogen functional groups attached to an aromatic ring is 1. The van der Waals surface area contributed by atoms with Gasteiger partial charge in [-0.1, -0.05) is 35.9 Å². The molecule has 94 valence electrons. The van der Waals surface area contributed by atoms with Gasteiger partial charge in [-0.3, -0.25) is 0 Å². The second kappa shape index (κ2) is 5.65. The Hall–Kier alpha value is -1.87. The minimum atomic E-state index is 0.604. The second-order valence-corrected chi connectivity index (χ2v) is 4.27. The fourth-order valence-corrected chi connectivity index (χ4v) is 1.91. The molecule has 2 aromatic rings. The molecule has 3 nitrogen and oxygen atoms in total. The maximum absolute atomic E-state index is 6.09. The van der Waals surface area contributed by atoms with Crippen LogP contribution in [0.4, 0.5) is 11.4 Å². The molecule has 3 N–H and O–H groups in total. The minimum absolute atomic E-state index is 0.604. The van der Waals surface area contributed by atoms with Gasteiger partial charge in [0.15, 0.2) is 0 Å². The molecule has 0 bridgehead atoms. The highest BCUT2D eigenvalue weighted by atomic mass is 35.5. The molecule has 0 amide bonds. The largest absolute Gasteiger partial charge is 0.495 e. The van der Waals surface area contributed by atoms with Crippen molar-refractivity contribution in [1.82, 2.24) is 0 Å². The lowest BCUT2D eigenvalue weighted by atomic mass is 10.2. The van der Waals surface area contributed by atoms with E-state index in [4.69, 9.17) is 22.1 Å². The number of methoxy groups -OCH3 is 1. The molecule has 0 saturated carbocycles. The summed E-state index contributed by atoms with van der Waals surface area (Å²) in [5.41, 5.74) is 8.45. The molecule has 0 atom stereocenters. The van der Waals surface area contributed by atoms with Crippen LogP contribution in [0.2, 0.25) is 5.02 Å². The quantitative estimate of drug-likeness (QED) is 0.829. The van der Waals surface area contributed by atoms with Gasteiger partial charge in [-0.25, -0.2) is 0 Å². The Balaban J connectivity index is 2.14. The number of nitrogens with two attached hydrogens (primary N) is 1. The predicted molar refractivity (Wildman–Crippen MR) is 76.2 cm³/mol. The van der Waals surface area contributed by atoms with Gasteiger partial charge in [0.1, 0.15) is 5.75 Å². The zero-order valence-corrected chi connectivity index (χ0v) is 10.9. The van der Waals surface area contributed by atoms with Crippen LogP contribution in [0.25, 0.3) is 0 Å². The first-order valence-corrected chi connectivity index (χ1v) is 6.00. The summed E-state index contributed by atoms with van der Waals surface area (Å²) in [6, 6.07) is 13.3. The third kappa shape index (κ3) is 2.68. The van der Waals surface area contributed by atoms with Crippen LogP contribution in [0.15, 0.2) is 42.5 Å². The van der Waals surface area contributed by atoms with Crippen molar-refractivity contribution in [3.05, 3.63) is 53.1 Å². The number of para-hydroxylation sites is 1. The third-order valence-corrected chi connectivity index (χ3v) is 3.08. The number of anilines is 2. The van der Waals surface area contributed by atoms with Gasteiger partial charge < -0.3 is 15.8 Å². The summed E-state index contributed by atoms with van der Waals surface area (Å²) in [4.78, 5) is 0. The zero-order valence-electron chi connectivity index (χ0n) is 10.1. The van der Waals surface area contributed by atoms with Crippen molar-refractivity contribution in [2.24, 2.45) is 0 Å². The van der Waals surface area contributed by atoms with Crippen molar-refractivity contribution in [2.75, 3.05) is 18.2 Å². The van der Waals surface area contributed by atoms with Gasteiger partial charge in [-0.2, -0.15) is 0 Å². The van der Waals surface area contributed by atoms with Crippen LogP contribution in [0.1, 0.15) is 5.56 Å². The Bertz CT molecular complexity index is 543. The number of hydrogen-bond acceptors (Lipinski definition) is 3. The van der Waals surface area contributed by atoms with Crippen LogP contribution in [0, 0.1) is 0 Å². The van der Waals surface area contributed by atoms with Crippen LogP contribution >= 0.6 is 11.6 Å². The SMILES string of the molecule is COc1cccc(NCc2ccccc2Cl)c1N. The van der Waals surface area contributed by atoms with E-state index in [-0.39, 0.29) is 0 Å². The molecule has 0 aromatic heterocycles. The van der Waals surface area contributed by atoms with Gasteiger partial charge in [0.05, 0.1) is 18.5 Å². The molecule has 0 radical (unpaired) electrons. The fraction of sp³-hybridized carbons (Fsp3) is 0.143. The summed E-state index contributed by atoms with van der Waals surface area (Å²) in [7, 11) is 1.60. The van der Waals surface area contributed by atoms with Gasteiger partial charge in [0.2, 0.25) is 0 Å². The first-order chi connectivity index (χ1) is 8.72. The lowest BCUT2D eigenvalue weighted by Crippen LogP contribution is -2.04. The highest BCUT2D eigenvalue weighted by molar-refractivity contribution is 6.31. The number of benzene rings is 2. The molecule has 0 unspecified atom stereocenters. The summed E-state index contributed by atoms with van der Waals surface area (Å²) in [6.07, 6.45) is 0. The Labute approximate surface area is 112 Å². The van der Waals surface area contributed by atoms with Crippen LogP contribution in [0.3, 0.4) is 0 Å². The van der Waals surface area contributed by atoms with Crippen LogP contribution in [-0.2, 0) is 6.54 Å². The average Bonchev–Trinajstić information content (AvgIpc) is 2.39. The molecule has 0 fully saturated rings. The number of hydrogen-bond donors (Lipinski definition) is 2. The maximum atomic E-state index is 6.09. The molecule has 0 spiro atoms. The van der Waals surface area contributed by atoms with E-state index in [9.17, 15) is 0 Å². The molecule has 0 aliphatic rings. The molecular formula is C14H15ClN2O. The van der Waals surface area contributed by atoms with Crippen molar-refractivity contribution in [3.63, 3.8) is 0 Å². The van der Waals surface area contributed by atoms with Gasteiger partial charge in [0, 0.05) is 11.6 Å². The predicted octanol–water partition coefficient (Wildman–Crippen LogP) is 3.54. The van der Waals surface area contributed by atoms with Crippen molar-refractivity contribution in [1.29, 1.82) is 0 Å². The zero-order chi connectivity index (χ0) is 13.0. The normalized spacial score (nSPS) is 10.1. The van der Waals surface area contributed by atoms with E-state index in [1.807, 2.05) is 42.5 Å². The highest BCUT2D eigenvalue weighted by Crippen LogP contribution is 2.29. The Kier molecular flexibility index (Phi) is 3.95. The van der Waals surface area contributed by atoms with E-state index in [2.05, 4.69) is 5.32 Å². The first kappa shape index (κ1) is 12.6. The van der Waals surface area contributed by atoms with Gasteiger partial charge in [-0.15, -0.1) is 0 Å². The Morgan fingerprint density at radius 3 is 2.67 bits per heavy atom. The van der Waals surface area contributed by atoms with E-state index < -0.39 is 0 Å². The van der Waals surface area contributed by atoms with E-state index in [0.717, 1.165) is 16.3 Å². The van der Waals surface area contributed by atoms with Crippen LogP contribution < -0.4 is 15.8 Å². The summed E-state index contributed by atoms with van der Waals surface area (Å²) >= 11 is 6.09. The van der Waals surface area contributed by atoms with Gasteiger partial charge in [0.25, 0.3) is 0 Å². The van der Waals surface area contributed by atoms with E-state index >= 15 is 0 Å². The second-order valence-electron chi connectivity index (χ2n) is 3.87. The first-order valence-electron chi connectivity index (χ1n) is 5.62. The lowest BCUT2D eigenvalue weighted by Gasteiger charge is -2.12. The maximum Gasteiger partial charge on any atom is 0.143 e. The molecule has 0 heterocycles. The summed E-state index contributed by atoms with van der Waals surface area (Å²) < 4.78 is 5.17. The topological polar surface area (TPSA) is 47.3 Å². The smallest absolute Gasteiger partial charge is 0.143 e. The number of nitrogens with one attached hydrogen (secondary N) is 1. The fourth-order valence-electron chi connectivity index (χ4n) is 1.71. The summed E-state index contributed by atoms with van der Waals surface area (Å²) in [5.74, 6) is 0.666. The lowest BCUT2D eigenvalue weighted by molar-refractivity contribution is 0.417. The van der Waals surface area contributed by atoms with Crippen molar-refractivity contribution in [2.45, 2.75) is 6.54 Å². The van der Waals surface area contributed by atoms with Crippen LogP contribution in [-0.4, -0.2) is 7.11 Å². The standard InChI is InChI=1S/C14H15ClN2O/c1-18-13-8-4-7-12(14(13)16)17-9-10-5-2-3-6-11(10)15/h2-8,17H,9,16H2,1H3. The number of halogens is 1. The van der Waals surface area contributed by atoms with E-state index in [1.165, 1.54) is 0 Å². The van der Waals surface area contributed by atoms with Crippen LogP contribution in [0.5, 0.6) is 5.75 Å². The van der Waals surface area contributed by atoms with Gasteiger partial charge in [-0.05, 0) is 23.8 Å².